The molecule has 0 spiro atoms. The second-order valence-corrected chi connectivity index (χ2v) is 5.44. The Kier molecular flexibility index (Phi) is 12.7. The molecule has 162 valence electrons. The maximum Gasteiger partial charge on any atom is 0.410 e. The van der Waals surface area contributed by atoms with Crippen molar-refractivity contribution in [1.82, 2.24) is 21.3 Å². The van der Waals surface area contributed by atoms with E-state index >= 15 is 0 Å². The molecule has 0 aliphatic carbocycles. The molecule has 0 aliphatic heterocycles. The Bertz CT molecular complexity index is 495. The van der Waals surface area contributed by atoms with Crippen molar-refractivity contribution in [2.45, 2.75) is 45.3 Å². The second-order valence-electron chi connectivity index (χ2n) is 5.44. The van der Waals surface area contributed by atoms with Crippen LogP contribution < -0.4 is 21.3 Å². The standard InChI is InChI=1S/C16H30N4O8/c1-5-27-14(23)19-16(18-13(22)26-4,20-15(24)28-6-2)10-8-7-9-11-17-12(21)25-3/h5-11H2,1-4H3,(H,17,21)(H,18,22)(H,19,23)(H,20,24). The van der Waals surface area contributed by atoms with E-state index < -0.39 is 30.2 Å². The van der Waals surface area contributed by atoms with E-state index in [1.807, 2.05) is 0 Å². The largest absolute Gasteiger partial charge is 0.453 e. The van der Waals surface area contributed by atoms with Gasteiger partial charge in [0.25, 0.3) is 0 Å². The van der Waals surface area contributed by atoms with Gasteiger partial charge in [-0.25, -0.2) is 19.2 Å². The van der Waals surface area contributed by atoms with Gasteiger partial charge in [-0.3, -0.25) is 16.0 Å². The molecule has 0 aliphatic rings. The Morgan fingerprint density at radius 1 is 0.714 bits per heavy atom. The van der Waals surface area contributed by atoms with Crippen LogP contribution in [-0.4, -0.2) is 64.1 Å². The molecular formula is C16H30N4O8. The van der Waals surface area contributed by atoms with E-state index in [1.165, 1.54) is 7.11 Å². The Hall–Kier alpha value is -2.92. The summed E-state index contributed by atoms with van der Waals surface area (Å²) in [6, 6.07) is 0. The maximum atomic E-state index is 11.9. The van der Waals surface area contributed by atoms with Gasteiger partial charge < -0.3 is 24.3 Å². The lowest BCUT2D eigenvalue weighted by atomic mass is 10.1. The third kappa shape index (κ3) is 10.9. The van der Waals surface area contributed by atoms with Crippen molar-refractivity contribution in [3.05, 3.63) is 0 Å². The van der Waals surface area contributed by atoms with Crippen molar-refractivity contribution in [2.75, 3.05) is 34.0 Å². The number of unbranched alkanes of at least 4 members (excludes halogenated alkanes) is 2. The van der Waals surface area contributed by atoms with Gasteiger partial charge in [-0.15, -0.1) is 0 Å². The monoisotopic (exact) mass is 406 g/mol. The summed E-state index contributed by atoms with van der Waals surface area (Å²) in [5.74, 6) is -1.68. The van der Waals surface area contributed by atoms with Crippen LogP contribution >= 0.6 is 0 Å². The normalized spacial score (nSPS) is 10.3. The highest BCUT2D eigenvalue weighted by molar-refractivity contribution is 5.75. The topological polar surface area (TPSA) is 153 Å². The number of carbonyl (C=O) groups excluding carboxylic acids is 4. The first kappa shape index (κ1) is 25.1. The minimum Gasteiger partial charge on any atom is -0.453 e. The van der Waals surface area contributed by atoms with Gasteiger partial charge in [0, 0.05) is 13.0 Å². The molecule has 4 N–H and O–H groups in total. The lowest BCUT2D eigenvalue weighted by Crippen LogP contribution is -2.70. The molecule has 4 amide bonds. The predicted octanol–water partition coefficient (Wildman–Crippen LogP) is 1.40. The number of amides is 4. The maximum absolute atomic E-state index is 11.9. The minimum absolute atomic E-state index is 0.0960. The highest BCUT2D eigenvalue weighted by atomic mass is 16.6. The van der Waals surface area contributed by atoms with Gasteiger partial charge in [0.2, 0.25) is 0 Å². The van der Waals surface area contributed by atoms with E-state index in [2.05, 4.69) is 30.7 Å². The molecular weight excluding hydrogens is 376 g/mol. The summed E-state index contributed by atoms with van der Waals surface area (Å²) in [4.78, 5) is 46.6. The molecule has 0 saturated heterocycles. The average Bonchev–Trinajstić information content (AvgIpc) is 2.64. The van der Waals surface area contributed by atoms with Crippen LogP contribution in [-0.2, 0) is 18.9 Å². The van der Waals surface area contributed by atoms with Crippen molar-refractivity contribution < 1.29 is 38.1 Å². The summed E-state index contributed by atoms with van der Waals surface area (Å²) in [7, 11) is 2.41. The fourth-order valence-electron chi connectivity index (χ4n) is 2.14. The van der Waals surface area contributed by atoms with Gasteiger partial charge in [-0.2, -0.15) is 0 Å². The summed E-state index contributed by atoms with van der Waals surface area (Å²) in [6.45, 7) is 3.81. The van der Waals surface area contributed by atoms with Crippen LogP contribution in [0.25, 0.3) is 0 Å². The molecule has 0 aromatic heterocycles. The molecule has 0 aromatic rings. The van der Waals surface area contributed by atoms with Crippen LogP contribution in [0.5, 0.6) is 0 Å². The van der Waals surface area contributed by atoms with E-state index in [0.717, 1.165) is 7.11 Å². The molecule has 12 nitrogen and oxygen atoms in total. The second kappa shape index (κ2) is 14.2. The van der Waals surface area contributed by atoms with Gasteiger partial charge in [-0.05, 0) is 26.7 Å². The van der Waals surface area contributed by atoms with Crippen molar-refractivity contribution in [3.8, 4) is 0 Å². The number of methoxy groups -OCH3 is 2. The highest BCUT2D eigenvalue weighted by Gasteiger charge is 2.36. The zero-order chi connectivity index (χ0) is 21.4. The third-order valence-corrected chi connectivity index (χ3v) is 3.37. The van der Waals surface area contributed by atoms with Gasteiger partial charge in [0.05, 0.1) is 27.4 Å². The van der Waals surface area contributed by atoms with Crippen molar-refractivity contribution in [2.24, 2.45) is 0 Å². The number of hydrogen-bond donors (Lipinski definition) is 4. The van der Waals surface area contributed by atoms with E-state index in [4.69, 9.17) is 9.47 Å². The zero-order valence-electron chi connectivity index (χ0n) is 16.7. The lowest BCUT2D eigenvalue weighted by Gasteiger charge is -2.34. The number of alkyl carbamates (subject to hydrolysis) is 4. The number of rotatable bonds is 11. The van der Waals surface area contributed by atoms with Crippen LogP contribution in [0, 0.1) is 0 Å². The summed E-state index contributed by atoms with van der Waals surface area (Å²) < 4.78 is 18.7. The van der Waals surface area contributed by atoms with E-state index in [9.17, 15) is 19.2 Å². The molecule has 0 heterocycles. The SMILES string of the molecule is CCOC(=O)NC(CCCCCNC(=O)OC)(NC(=O)OC)NC(=O)OCC. The first-order valence-corrected chi connectivity index (χ1v) is 8.90. The summed E-state index contributed by atoms with van der Waals surface area (Å²) in [5.41, 5.74) is 0. The van der Waals surface area contributed by atoms with Crippen LogP contribution in [0.3, 0.4) is 0 Å². The molecule has 0 saturated carbocycles. The van der Waals surface area contributed by atoms with E-state index in [1.54, 1.807) is 13.8 Å². The highest BCUT2D eigenvalue weighted by Crippen LogP contribution is 2.12. The van der Waals surface area contributed by atoms with Crippen LogP contribution in [0.2, 0.25) is 0 Å². The predicted molar refractivity (Wildman–Crippen MR) is 97.5 cm³/mol. The Balaban J connectivity index is 5.05. The first-order valence-electron chi connectivity index (χ1n) is 8.90. The van der Waals surface area contributed by atoms with Gasteiger partial charge >= 0.3 is 24.4 Å². The number of ether oxygens (including phenoxy) is 4. The van der Waals surface area contributed by atoms with E-state index in [-0.39, 0.29) is 19.6 Å². The van der Waals surface area contributed by atoms with Crippen molar-refractivity contribution >= 4 is 24.4 Å². The number of nitrogens with one attached hydrogen (secondary N) is 4. The Morgan fingerprint density at radius 3 is 1.68 bits per heavy atom. The summed E-state index contributed by atoms with van der Waals surface area (Å²) >= 11 is 0. The molecule has 28 heavy (non-hydrogen) atoms. The van der Waals surface area contributed by atoms with Crippen molar-refractivity contribution in [3.63, 3.8) is 0 Å². The summed E-state index contributed by atoms with van der Waals surface area (Å²) in [5, 5.41) is 9.80. The fraction of sp³-hybridized carbons (Fsp3) is 0.750. The minimum atomic E-state index is -1.68. The van der Waals surface area contributed by atoms with E-state index in [0.29, 0.717) is 25.8 Å². The first-order chi connectivity index (χ1) is 13.3. The molecule has 0 bridgehead atoms. The van der Waals surface area contributed by atoms with Crippen LogP contribution in [0.1, 0.15) is 39.5 Å². The average molecular weight is 406 g/mol. The number of hydrogen-bond acceptors (Lipinski definition) is 8. The van der Waals surface area contributed by atoms with Crippen LogP contribution in [0.4, 0.5) is 19.2 Å². The Morgan fingerprint density at radius 2 is 1.21 bits per heavy atom. The quantitative estimate of drug-likeness (QED) is 0.228. The molecule has 0 rings (SSSR count). The van der Waals surface area contributed by atoms with Crippen molar-refractivity contribution in [1.29, 1.82) is 0 Å². The lowest BCUT2D eigenvalue weighted by molar-refractivity contribution is 0.0914. The third-order valence-electron chi connectivity index (χ3n) is 3.37. The van der Waals surface area contributed by atoms with Gasteiger partial charge in [0.15, 0.2) is 5.79 Å². The molecule has 0 fully saturated rings. The van der Waals surface area contributed by atoms with Gasteiger partial charge in [0.1, 0.15) is 0 Å². The van der Waals surface area contributed by atoms with Crippen LogP contribution in [0.15, 0.2) is 0 Å². The molecule has 0 aromatic carbocycles. The molecule has 12 heteroatoms. The fourth-order valence-corrected chi connectivity index (χ4v) is 2.14. The molecule has 0 radical (unpaired) electrons. The van der Waals surface area contributed by atoms with Gasteiger partial charge in [-0.1, -0.05) is 6.42 Å². The number of carbonyl (C=O) groups is 4. The summed E-state index contributed by atoms with van der Waals surface area (Å²) in [6.07, 6.45) is -1.29. The smallest absolute Gasteiger partial charge is 0.410 e. The zero-order valence-corrected chi connectivity index (χ0v) is 16.7. The molecule has 0 unspecified atom stereocenters. The Labute approximate surface area is 164 Å². The molecule has 0 atom stereocenters.